The molecule has 0 unspecified atom stereocenters. The van der Waals surface area contributed by atoms with Crippen molar-refractivity contribution in [3.05, 3.63) is 35.1 Å². The quantitative estimate of drug-likeness (QED) is 0.447. The van der Waals surface area contributed by atoms with Gasteiger partial charge in [-0.3, -0.25) is 0 Å². The van der Waals surface area contributed by atoms with E-state index in [-0.39, 0.29) is 29.8 Å². The molecule has 0 aromatic heterocycles. The van der Waals surface area contributed by atoms with Crippen LogP contribution in [0.5, 0.6) is 0 Å². The third kappa shape index (κ3) is 6.60. The largest absolute Gasteiger partial charge is 0.370 e. The highest BCUT2D eigenvalue weighted by atomic mass is 127. The van der Waals surface area contributed by atoms with Crippen molar-refractivity contribution in [3.8, 4) is 0 Å². The highest BCUT2D eigenvalue weighted by Gasteiger charge is 2.06. The molecular formula is C15H26FIN4. The molecule has 4 nitrogen and oxygen atoms in total. The van der Waals surface area contributed by atoms with E-state index in [1.165, 1.54) is 6.07 Å². The molecule has 0 aliphatic heterocycles. The Morgan fingerprint density at radius 1 is 1.24 bits per heavy atom. The van der Waals surface area contributed by atoms with Crippen molar-refractivity contribution in [2.24, 2.45) is 10.7 Å². The minimum atomic E-state index is -0.187. The van der Waals surface area contributed by atoms with Crippen molar-refractivity contribution >= 4 is 29.9 Å². The van der Waals surface area contributed by atoms with Gasteiger partial charge in [-0.15, -0.1) is 24.0 Å². The van der Waals surface area contributed by atoms with Crippen molar-refractivity contribution in [2.75, 3.05) is 27.2 Å². The van der Waals surface area contributed by atoms with Crippen LogP contribution in [-0.4, -0.2) is 42.9 Å². The summed E-state index contributed by atoms with van der Waals surface area (Å²) in [5.74, 6) is 0.320. The average Bonchev–Trinajstić information content (AvgIpc) is 2.40. The van der Waals surface area contributed by atoms with Gasteiger partial charge in [0.05, 0.1) is 6.54 Å². The summed E-state index contributed by atoms with van der Waals surface area (Å²) in [5.41, 5.74) is 7.42. The maximum Gasteiger partial charge on any atom is 0.191 e. The number of hydrogen-bond acceptors (Lipinski definition) is 2. The van der Waals surface area contributed by atoms with E-state index in [2.05, 4.69) is 4.99 Å². The summed E-state index contributed by atoms with van der Waals surface area (Å²) in [5, 5.41) is 0. The van der Waals surface area contributed by atoms with Gasteiger partial charge in [0.1, 0.15) is 5.82 Å². The fraction of sp³-hybridized carbons (Fsp3) is 0.533. The molecule has 0 saturated heterocycles. The van der Waals surface area contributed by atoms with Crippen molar-refractivity contribution in [2.45, 2.75) is 26.9 Å². The van der Waals surface area contributed by atoms with Gasteiger partial charge in [-0.05, 0) is 39.6 Å². The summed E-state index contributed by atoms with van der Waals surface area (Å²) in [6.45, 7) is 6.70. The lowest BCUT2D eigenvalue weighted by atomic mass is 10.1. The number of benzene rings is 1. The molecule has 0 aliphatic rings. The van der Waals surface area contributed by atoms with E-state index in [0.29, 0.717) is 24.6 Å². The summed E-state index contributed by atoms with van der Waals surface area (Å²) in [6.07, 6.45) is 0. The van der Waals surface area contributed by atoms with E-state index in [0.717, 1.165) is 18.7 Å². The number of nitrogens with zero attached hydrogens (tertiary/aromatic N) is 3. The van der Waals surface area contributed by atoms with E-state index in [1.54, 1.807) is 0 Å². The molecule has 1 aromatic carbocycles. The molecule has 2 N–H and O–H groups in total. The van der Waals surface area contributed by atoms with Gasteiger partial charge in [0.15, 0.2) is 5.96 Å². The Balaban J connectivity index is 0.00000400. The molecule has 21 heavy (non-hydrogen) atoms. The van der Waals surface area contributed by atoms with Gasteiger partial charge in [-0.1, -0.05) is 12.1 Å². The fourth-order valence-corrected chi connectivity index (χ4v) is 1.98. The van der Waals surface area contributed by atoms with Gasteiger partial charge in [0, 0.05) is 25.2 Å². The number of nitrogens with two attached hydrogens (primary N) is 1. The molecule has 0 fully saturated rings. The van der Waals surface area contributed by atoms with Crippen LogP contribution in [0.15, 0.2) is 23.2 Å². The van der Waals surface area contributed by atoms with Crippen LogP contribution in [0, 0.1) is 5.82 Å². The predicted octanol–water partition coefficient (Wildman–Crippen LogP) is 2.66. The highest BCUT2D eigenvalue weighted by molar-refractivity contribution is 14.0. The molecule has 0 atom stereocenters. The van der Waals surface area contributed by atoms with Crippen LogP contribution >= 0.6 is 24.0 Å². The second kappa shape index (κ2) is 9.94. The van der Waals surface area contributed by atoms with Crippen LogP contribution < -0.4 is 5.73 Å². The molecule has 6 heteroatoms. The highest BCUT2D eigenvalue weighted by Crippen LogP contribution is 2.12. The Labute approximate surface area is 144 Å². The molecule has 0 spiro atoms. The number of guanidine groups is 1. The molecular weight excluding hydrogens is 382 g/mol. The topological polar surface area (TPSA) is 44.9 Å². The van der Waals surface area contributed by atoms with Crippen molar-refractivity contribution in [1.29, 1.82) is 0 Å². The summed E-state index contributed by atoms with van der Waals surface area (Å²) in [4.78, 5) is 8.22. The minimum absolute atomic E-state index is 0. The SMILES string of the molecule is CCN(CC)C(N)=NCc1ccc(CN(C)C)c(F)c1.I. The minimum Gasteiger partial charge on any atom is -0.370 e. The van der Waals surface area contributed by atoms with Crippen LogP contribution in [0.3, 0.4) is 0 Å². The van der Waals surface area contributed by atoms with E-state index in [9.17, 15) is 4.39 Å². The van der Waals surface area contributed by atoms with Gasteiger partial charge in [-0.2, -0.15) is 0 Å². The Morgan fingerprint density at radius 3 is 2.33 bits per heavy atom. The standard InChI is InChI=1S/C15H25FN4.HI/c1-5-20(6-2)15(17)18-10-12-7-8-13(11-19(3)4)14(16)9-12;/h7-9H,5-6,10-11H2,1-4H3,(H2,17,18);1H. The number of halogens is 2. The average molecular weight is 408 g/mol. The first-order chi connectivity index (χ1) is 9.47. The van der Waals surface area contributed by atoms with Crippen LogP contribution in [0.4, 0.5) is 4.39 Å². The van der Waals surface area contributed by atoms with Crippen LogP contribution in [-0.2, 0) is 13.1 Å². The first-order valence-electron chi connectivity index (χ1n) is 6.94. The lowest BCUT2D eigenvalue weighted by Gasteiger charge is -2.19. The van der Waals surface area contributed by atoms with E-state index in [4.69, 9.17) is 5.73 Å². The maximum absolute atomic E-state index is 13.9. The van der Waals surface area contributed by atoms with Crippen LogP contribution in [0.1, 0.15) is 25.0 Å². The zero-order valence-corrected chi connectivity index (χ0v) is 15.6. The summed E-state index contributed by atoms with van der Waals surface area (Å²) >= 11 is 0. The fourth-order valence-electron chi connectivity index (χ4n) is 1.98. The van der Waals surface area contributed by atoms with E-state index >= 15 is 0 Å². The van der Waals surface area contributed by atoms with Crippen molar-refractivity contribution < 1.29 is 4.39 Å². The molecule has 0 heterocycles. The smallest absolute Gasteiger partial charge is 0.191 e. The van der Waals surface area contributed by atoms with Gasteiger partial charge < -0.3 is 15.5 Å². The monoisotopic (exact) mass is 408 g/mol. The van der Waals surface area contributed by atoms with Gasteiger partial charge >= 0.3 is 0 Å². The number of hydrogen-bond donors (Lipinski definition) is 1. The Kier molecular flexibility index (Phi) is 9.52. The zero-order valence-electron chi connectivity index (χ0n) is 13.3. The second-order valence-electron chi connectivity index (χ2n) is 5.01. The summed E-state index contributed by atoms with van der Waals surface area (Å²) in [7, 11) is 3.84. The molecule has 1 aromatic rings. The Bertz CT molecular complexity index is 459. The number of aliphatic imine (C=N–C) groups is 1. The molecule has 0 amide bonds. The third-order valence-electron chi connectivity index (χ3n) is 3.12. The molecule has 0 aliphatic carbocycles. The van der Waals surface area contributed by atoms with Crippen molar-refractivity contribution in [3.63, 3.8) is 0 Å². The summed E-state index contributed by atoms with van der Waals surface area (Å²) in [6, 6.07) is 5.26. The summed E-state index contributed by atoms with van der Waals surface area (Å²) < 4.78 is 13.9. The molecule has 0 saturated carbocycles. The normalized spacial score (nSPS) is 11.4. The van der Waals surface area contributed by atoms with Crippen LogP contribution in [0.2, 0.25) is 0 Å². The lowest BCUT2D eigenvalue weighted by Crippen LogP contribution is -2.37. The molecule has 0 bridgehead atoms. The Hall–Kier alpha value is -0.890. The first-order valence-corrected chi connectivity index (χ1v) is 6.94. The van der Waals surface area contributed by atoms with E-state index < -0.39 is 0 Å². The third-order valence-corrected chi connectivity index (χ3v) is 3.12. The lowest BCUT2D eigenvalue weighted by molar-refractivity contribution is 0.392. The second-order valence-corrected chi connectivity index (χ2v) is 5.01. The van der Waals surface area contributed by atoms with Gasteiger partial charge in [0.2, 0.25) is 0 Å². The zero-order chi connectivity index (χ0) is 15.1. The van der Waals surface area contributed by atoms with E-state index in [1.807, 2.05) is 49.9 Å². The molecule has 120 valence electrons. The van der Waals surface area contributed by atoms with Gasteiger partial charge in [0.25, 0.3) is 0 Å². The van der Waals surface area contributed by atoms with Gasteiger partial charge in [-0.25, -0.2) is 9.38 Å². The maximum atomic E-state index is 13.9. The number of rotatable bonds is 6. The van der Waals surface area contributed by atoms with Crippen molar-refractivity contribution in [1.82, 2.24) is 9.80 Å². The Morgan fingerprint density at radius 2 is 1.86 bits per heavy atom. The van der Waals surface area contributed by atoms with Crippen LogP contribution in [0.25, 0.3) is 0 Å². The first kappa shape index (κ1) is 20.1. The molecule has 1 rings (SSSR count). The predicted molar refractivity (Wildman–Crippen MR) is 97.5 cm³/mol. The molecule has 0 radical (unpaired) electrons.